The maximum atomic E-state index is 12.1. The van der Waals surface area contributed by atoms with Crippen molar-refractivity contribution in [3.8, 4) is 0 Å². The number of thiophene rings is 1. The lowest BCUT2D eigenvalue weighted by Gasteiger charge is -2.20. The SMILES string of the molecule is CC(C)OC(=NC1CCCCC1)NC(=O)c1cccs1. The number of ether oxygens (including phenoxy) is 1. The number of hydrogen-bond donors (Lipinski definition) is 1. The molecule has 0 saturated heterocycles. The fourth-order valence-corrected chi connectivity index (χ4v) is 2.88. The molecule has 1 aromatic heterocycles. The van der Waals surface area contributed by atoms with E-state index in [0.717, 1.165) is 12.8 Å². The summed E-state index contributed by atoms with van der Waals surface area (Å²) in [6.45, 7) is 3.88. The molecule has 1 fully saturated rings. The number of amidine groups is 1. The van der Waals surface area contributed by atoms with Crippen molar-refractivity contribution in [3.63, 3.8) is 0 Å². The second-order valence-electron chi connectivity index (χ2n) is 5.32. The largest absolute Gasteiger partial charge is 0.462 e. The van der Waals surface area contributed by atoms with Crippen molar-refractivity contribution in [1.29, 1.82) is 0 Å². The number of nitrogens with one attached hydrogen (secondary N) is 1. The van der Waals surface area contributed by atoms with E-state index in [1.165, 1.54) is 30.6 Å². The molecule has 0 radical (unpaired) electrons. The Morgan fingerprint density at radius 1 is 1.40 bits per heavy atom. The molecule has 2 rings (SSSR count). The molecule has 0 aromatic carbocycles. The number of aliphatic imine (C=N–C) groups is 1. The van der Waals surface area contributed by atoms with Crippen molar-refractivity contribution in [2.45, 2.75) is 58.1 Å². The van der Waals surface area contributed by atoms with E-state index in [1.807, 2.05) is 25.3 Å². The van der Waals surface area contributed by atoms with Gasteiger partial charge >= 0.3 is 0 Å². The first kappa shape index (κ1) is 15.0. The smallest absolute Gasteiger partial charge is 0.292 e. The average Bonchev–Trinajstić information content (AvgIpc) is 2.93. The van der Waals surface area contributed by atoms with E-state index in [1.54, 1.807) is 6.07 Å². The normalized spacial score (nSPS) is 17.2. The summed E-state index contributed by atoms with van der Waals surface area (Å²) in [5.74, 6) is -0.143. The molecule has 1 N–H and O–H groups in total. The molecule has 5 heteroatoms. The Morgan fingerprint density at radius 2 is 2.15 bits per heavy atom. The van der Waals surface area contributed by atoms with Crippen LogP contribution in [0.3, 0.4) is 0 Å². The van der Waals surface area contributed by atoms with Crippen molar-refractivity contribution in [3.05, 3.63) is 22.4 Å². The lowest BCUT2D eigenvalue weighted by Crippen LogP contribution is -2.35. The zero-order valence-electron chi connectivity index (χ0n) is 12.1. The van der Waals surface area contributed by atoms with Crippen molar-refractivity contribution in [2.75, 3.05) is 0 Å². The summed E-state index contributed by atoms with van der Waals surface area (Å²) < 4.78 is 5.64. The van der Waals surface area contributed by atoms with E-state index in [-0.39, 0.29) is 18.1 Å². The predicted octanol–water partition coefficient (Wildman–Crippen LogP) is 3.59. The second kappa shape index (κ2) is 7.43. The second-order valence-corrected chi connectivity index (χ2v) is 6.27. The summed E-state index contributed by atoms with van der Waals surface area (Å²) in [6.07, 6.45) is 5.87. The zero-order valence-corrected chi connectivity index (χ0v) is 12.9. The van der Waals surface area contributed by atoms with Gasteiger partial charge in [0.15, 0.2) is 0 Å². The monoisotopic (exact) mass is 294 g/mol. The van der Waals surface area contributed by atoms with Crippen LogP contribution in [0.5, 0.6) is 0 Å². The minimum absolute atomic E-state index is 0.000904. The van der Waals surface area contributed by atoms with Gasteiger partial charge in [-0.1, -0.05) is 25.3 Å². The number of nitrogens with zero attached hydrogens (tertiary/aromatic N) is 1. The molecule has 1 saturated carbocycles. The first-order chi connectivity index (χ1) is 9.65. The third kappa shape index (κ3) is 4.63. The van der Waals surface area contributed by atoms with Crippen LogP contribution in [0.1, 0.15) is 55.6 Å². The van der Waals surface area contributed by atoms with Crippen molar-refractivity contribution < 1.29 is 9.53 Å². The quantitative estimate of drug-likeness (QED) is 0.684. The van der Waals surface area contributed by atoms with Gasteiger partial charge in [-0.05, 0) is 38.1 Å². The van der Waals surface area contributed by atoms with Crippen LogP contribution in [0.25, 0.3) is 0 Å². The van der Waals surface area contributed by atoms with Crippen LogP contribution in [-0.4, -0.2) is 24.1 Å². The summed E-state index contributed by atoms with van der Waals surface area (Å²) >= 11 is 1.42. The van der Waals surface area contributed by atoms with Crippen LogP contribution >= 0.6 is 11.3 Å². The Hall–Kier alpha value is -1.36. The Labute approximate surface area is 124 Å². The molecule has 1 aliphatic rings. The van der Waals surface area contributed by atoms with Gasteiger partial charge in [0.2, 0.25) is 0 Å². The highest BCUT2D eigenvalue weighted by Gasteiger charge is 2.17. The number of carbonyl (C=O) groups is 1. The van der Waals surface area contributed by atoms with Crippen LogP contribution in [0.4, 0.5) is 0 Å². The van der Waals surface area contributed by atoms with E-state index in [0.29, 0.717) is 10.9 Å². The molecule has 0 unspecified atom stereocenters. The van der Waals surface area contributed by atoms with Gasteiger partial charge in [0, 0.05) is 0 Å². The van der Waals surface area contributed by atoms with Gasteiger partial charge in [0.05, 0.1) is 17.0 Å². The molecule has 0 atom stereocenters. The maximum absolute atomic E-state index is 12.1. The van der Waals surface area contributed by atoms with Crippen LogP contribution < -0.4 is 5.32 Å². The fraction of sp³-hybridized carbons (Fsp3) is 0.600. The van der Waals surface area contributed by atoms with E-state index in [4.69, 9.17) is 4.74 Å². The van der Waals surface area contributed by atoms with E-state index >= 15 is 0 Å². The topological polar surface area (TPSA) is 50.7 Å². The van der Waals surface area contributed by atoms with Gasteiger partial charge in [0.25, 0.3) is 11.9 Å². The number of amides is 1. The summed E-state index contributed by atoms with van der Waals surface area (Å²) in [5.41, 5.74) is 0. The van der Waals surface area contributed by atoms with Gasteiger partial charge < -0.3 is 4.74 Å². The first-order valence-electron chi connectivity index (χ1n) is 7.24. The van der Waals surface area contributed by atoms with Gasteiger partial charge in [-0.2, -0.15) is 0 Å². The van der Waals surface area contributed by atoms with Crippen LogP contribution in [-0.2, 0) is 4.74 Å². The van der Waals surface area contributed by atoms with Gasteiger partial charge in [-0.3, -0.25) is 10.1 Å². The number of rotatable bonds is 3. The minimum atomic E-state index is -0.143. The molecule has 4 nitrogen and oxygen atoms in total. The van der Waals surface area contributed by atoms with Crippen LogP contribution in [0, 0.1) is 0 Å². The van der Waals surface area contributed by atoms with Crippen LogP contribution in [0.15, 0.2) is 22.5 Å². The standard InChI is InChI=1S/C15H22N2O2S/c1-11(2)19-15(16-12-7-4-3-5-8-12)17-14(18)13-9-6-10-20-13/h6,9-12H,3-5,7-8H2,1-2H3,(H,16,17,18). The van der Waals surface area contributed by atoms with Crippen molar-refractivity contribution in [2.24, 2.45) is 4.99 Å². The highest BCUT2D eigenvalue weighted by atomic mass is 32.1. The molecule has 110 valence electrons. The van der Waals surface area contributed by atoms with Crippen molar-refractivity contribution >= 4 is 23.3 Å². The van der Waals surface area contributed by atoms with Gasteiger partial charge in [0.1, 0.15) is 0 Å². The third-order valence-electron chi connectivity index (χ3n) is 3.19. The van der Waals surface area contributed by atoms with E-state index in [2.05, 4.69) is 10.3 Å². The fourth-order valence-electron chi connectivity index (χ4n) is 2.26. The summed E-state index contributed by atoms with van der Waals surface area (Å²) in [5, 5.41) is 4.68. The molecule has 1 heterocycles. The summed E-state index contributed by atoms with van der Waals surface area (Å²) in [4.78, 5) is 17.3. The molecule has 1 aromatic rings. The maximum Gasteiger partial charge on any atom is 0.292 e. The van der Waals surface area contributed by atoms with Gasteiger partial charge in [-0.25, -0.2) is 4.99 Å². The zero-order chi connectivity index (χ0) is 14.4. The van der Waals surface area contributed by atoms with Crippen molar-refractivity contribution in [1.82, 2.24) is 5.32 Å². The molecule has 0 bridgehead atoms. The Kier molecular flexibility index (Phi) is 5.59. The lowest BCUT2D eigenvalue weighted by molar-refractivity contribution is 0.0963. The summed E-state index contributed by atoms with van der Waals surface area (Å²) in [6, 6.07) is 4.31. The first-order valence-corrected chi connectivity index (χ1v) is 8.12. The highest BCUT2D eigenvalue weighted by molar-refractivity contribution is 7.12. The van der Waals surface area contributed by atoms with E-state index in [9.17, 15) is 4.79 Å². The average molecular weight is 294 g/mol. The number of hydrogen-bond acceptors (Lipinski definition) is 4. The van der Waals surface area contributed by atoms with Gasteiger partial charge in [-0.15, -0.1) is 11.3 Å². The lowest BCUT2D eigenvalue weighted by atomic mass is 9.96. The number of carbonyl (C=O) groups excluding carboxylic acids is 1. The Morgan fingerprint density at radius 3 is 2.75 bits per heavy atom. The predicted molar refractivity (Wildman–Crippen MR) is 82.3 cm³/mol. The van der Waals surface area contributed by atoms with Crippen LogP contribution in [0.2, 0.25) is 0 Å². The molecule has 20 heavy (non-hydrogen) atoms. The molecular formula is C15H22N2O2S. The molecular weight excluding hydrogens is 272 g/mol. The molecule has 0 aliphatic heterocycles. The van der Waals surface area contributed by atoms with E-state index < -0.39 is 0 Å². The highest BCUT2D eigenvalue weighted by Crippen LogP contribution is 2.20. The Balaban J connectivity index is 2.02. The molecule has 1 amide bonds. The Bertz CT molecular complexity index is 448. The minimum Gasteiger partial charge on any atom is -0.462 e. The summed E-state index contributed by atoms with van der Waals surface area (Å²) in [7, 11) is 0. The third-order valence-corrected chi connectivity index (χ3v) is 4.06. The molecule has 0 spiro atoms. The molecule has 1 aliphatic carbocycles.